The number of rotatable bonds is 3. The Bertz CT molecular complexity index is 1100. The van der Waals surface area contributed by atoms with Crippen LogP contribution < -0.4 is 0 Å². The van der Waals surface area contributed by atoms with Gasteiger partial charge in [0, 0.05) is 53.2 Å². The minimum atomic E-state index is -0.478. The van der Waals surface area contributed by atoms with Crippen LogP contribution in [-0.2, 0) is 11.8 Å². The van der Waals surface area contributed by atoms with Gasteiger partial charge in [0.05, 0.1) is 18.4 Å². The van der Waals surface area contributed by atoms with E-state index in [9.17, 15) is 5.11 Å². The Hall–Kier alpha value is -2.35. The number of hydrogen-bond donors (Lipinski definition) is 1. The Morgan fingerprint density at radius 3 is 3.08 bits per heavy atom. The lowest BCUT2D eigenvalue weighted by molar-refractivity contribution is 0.0945. The number of nitrogens with zero attached hydrogens (tertiary/aromatic N) is 4. The first-order valence-electron chi connectivity index (χ1n) is 8.63. The average molecular weight is 366 g/mol. The summed E-state index contributed by atoms with van der Waals surface area (Å²) < 4.78 is 7.16. The molecule has 1 fully saturated rings. The molecule has 0 spiro atoms. The van der Waals surface area contributed by atoms with Crippen molar-refractivity contribution < 1.29 is 9.84 Å². The zero-order valence-corrected chi connectivity index (χ0v) is 15.1. The Labute approximate surface area is 154 Å². The van der Waals surface area contributed by atoms with Crippen LogP contribution in [0.5, 0.6) is 0 Å². The van der Waals surface area contributed by atoms with Crippen molar-refractivity contribution in [3.8, 4) is 11.3 Å². The van der Waals surface area contributed by atoms with E-state index in [0.29, 0.717) is 6.61 Å². The van der Waals surface area contributed by atoms with Crippen LogP contribution in [0.2, 0.25) is 0 Å². The molecule has 7 heteroatoms. The van der Waals surface area contributed by atoms with Crippen LogP contribution in [-0.4, -0.2) is 38.1 Å². The first-order chi connectivity index (χ1) is 12.7. The van der Waals surface area contributed by atoms with Crippen LogP contribution in [0.25, 0.3) is 32.5 Å². The summed E-state index contributed by atoms with van der Waals surface area (Å²) in [7, 11) is 1.89. The Morgan fingerprint density at radius 1 is 1.31 bits per heavy atom. The van der Waals surface area contributed by atoms with Gasteiger partial charge in [0.2, 0.25) is 0 Å². The summed E-state index contributed by atoms with van der Waals surface area (Å²) >= 11 is 1.56. The lowest BCUT2D eigenvalue weighted by atomic mass is 10.0. The summed E-state index contributed by atoms with van der Waals surface area (Å²) in [6.45, 7) is 1.36. The van der Waals surface area contributed by atoms with Crippen molar-refractivity contribution in [2.45, 2.75) is 12.5 Å². The van der Waals surface area contributed by atoms with E-state index < -0.39 is 6.10 Å². The smallest absolute Gasteiger partial charge is 0.181 e. The third-order valence-corrected chi connectivity index (χ3v) is 5.99. The van der Waals surface area contributed by atoms with Gasteiger partial charge in [-0.3, -0.25) is 4.68 Å². The summed E-state index contributed by atoms with van der Waals surface area (Å²) in [6, 6.07) is 8.16. The van der Waals surface area contributed by atoms with Gasteiger partial charge in [-0.25, -0.2) is 9.97 Å². The van der Waals surface area contributed by atoms with Crippen LogP contribution in [0, 0.1) is 5.92 Å². The molecule has 0 saturated carbocycles. The zero-order valence-electron chi connectivity index (χ0n) is 14.3. The molecule has 0 radical (unpaired) electrons. The maximum Gasteiger partial charge on any atom is 0.181 e. The van der Waals surface area contributed by atoms with Crippen LogP contribution in [0.3, 0.4) is 0 Å². The van der Waals surface area contributed by atoms with E-state index in [4.69, 9.17) is 9.72 Å². The van der Waals surface area contributed by atoms with Crippen molar-refractivity contribution in [1.82, 2.24) is 19.7 Å². The summed E-state index contributed by atoms with van der Waals surface area (Å²) in [4.78, 5) is 11.1. The minimum Gasteiger partial charge on any atom is -0.387 e. The normalized spacial score (nSPS) is 18.8. The number of aromatic nitrogens is 4. The third-order valence-electron chi connectivity index (χ3n) is 4.87. The molecule has 1 unspecified atom stereocenters. The van der Waals surface area contributed by atoms with Gasteiger partial charge in [-0.05, 0) is 30.7 Å². The fraction of sp³-hybridized carbons (Fsp3) is 0.316. The Balaban J connectivity index is 1.52. The van der Waals surface area contributed by atoms with Crippen molar-refractivity contribution in [2.75, 3.05) is 13.2 Å². The summed E-state index contributed by atoms with van der Waals surface area (Å²) in [6.07, 6.45) is 4.19. The zero-order chi connectivity index (χ0) is 17.7. The molecule has 4 aromatic heterocycles. The fourth-order valence-corrected chi connectivity index (χ4v) is 4.56. The minimum absolute atomic E-state index is 0.180. The maximum atomic E-state index is 10.6. The van der Waals surface area contributed by atoms with Crippen LogP contribution in [0.15, 0.2) is 36.7 Å². The number of hydrogen-bond acceptors (Lipinski definition) is 6. The largest absolute Gasteiger partial charge is 0.387 e. The van der Waals surface area contributed by atoms with E-state index in [2.05, 4.69) is 22.2 Å². The molecule has 132 valence electrons. The monoisotopic (exact) mass is 366 g/mol. The van der Waals surface area contributed by atoms with Crippen molar-refractivity contribution in [2.24, 2.45) is 13.0 Å². The predicted octanol–water partition coefficient (Wildman–Crippen LogP) is 3.31. The van der Waals surface area contributed by atoms with Gasteiger partial charge in [0.25, 0.3) is 0 Å². The molecule has 6 nitrogen and oxygen atoms in total. The van der Waals surface area contributed by atoms with E-state index in [-0.39, 0.29) is 5.92 Å². The second-order valence-electron chi connectivity index (χ2n) is 6.75. The Morgan fingerprint density at radius 2 is 2.23 bits per heavy atom. The summed E-state index contributed by atoms with van der Waals surface area (Å²) in [5.41, 5.74) is 2.58. The molecule has 1 N–H and O–H groups in total. The molecule has 0 amide bonds. The topological polar surface area (TPSA) is 73.1 Å². The molecule has 5 heterocycles. The van der Waals surface area contributed by atoms with Gasteiger partial charge >= 0.3 is 0 Å². The molecule has 1 aliphatic heterocycles. The van der Waals surface area contributed by atoms with Crippen molar-refractivity contribution in [3.63, 3.8) is 0 Å². The standard InChI is InChI=1S/C19H18N4O2S/c1-23-9-14-6-13(8-20-18(14)22-23)15-3-2-11-7-16(26-19(11)21-15)17(24)12-4-5-25-10-12/h2-3,6-9,12,17,24H,4-5,10H2,1H3/t12-,17?/m0/s1. The third kappa shape index (κ3) is 2.68. The summed E-state index contributed by atoms with van der Waals surface area (Å²) in [5, 5.41) is 17.0. The molecule has 2 atom stereocenters. The van der Waals surface area contributed by atoms with Crippen LogP contribution in [0.4, 0.5) is 0 Å². The molecule has 5 rings (SSSR count). The predicted molar refractivity (Wildman–Crippen MR) is 101 cm³/mol. The first-order valence-corrected chi connectivity index (χ1v) is 9.45. The molecule has 1 saturated heterocycles. The first kappa shape index (κ1) is 15.9. The number of aliphatic hydroxyl groups is 1. The molecule has 0 bridgehead atoms. The SMILES string of the molecule is Cn1cc2cc(-c3ccc4cc(C(O)[C@H]5CCOC5)sc4n3)cnc2n1. The van der Waals surface area contributed by atoms with E-state index >= 15 is 0 Å². The second-order valence-corrected chi connectivity index (χ2v) is 7.81. The molecular weight excluding hydrogens is 348 g/mol. The molecule has 4 aromatic rings. The number of fused-ring (bicyclic) bond motifs is 2. The van der Waals surface area contributed by atoms with Gasteiger partial charge in [-0.2, -0.15) is 5.10 Å². The number of aliphatic hydroxyl groups excluding tert-OH is 1. The second kappa shape index (κ2) is 6.12. The number of thiophene rings is 1. The molecular formula is C19H18N4O2S. The van der Waals surface area contributed by atoms with Gasteiger partial charge in [-0.15, -0.1) is 11.3 Å². The lowest BCUT2D eigenvalue weighted by Gasteiger charge is -2.13. The maximum absolute atomic E-state index is 10.6. The van der Waals surface area contributed by atoms with Gasteiger partial charge in [0.1, 0.15) is 4.83 Å². The molecule has 0 aliphatic carbocycles. The number of ether oxygens (including phenoxy) is 1. The van der Waals surface area contributed by atoms with Crippen molar-refractivity contribution in [1.29, 1.82) is 0 Å². The molecule has 26 heavy (non-hydrogen) atoms. The lowest BCUT2D eigenvalue weighted by Crippen LogP contribution is -2.10. The van der Waals surface area contributed by atoms with Crippen LogP contribution in [0.1, 0.15) is 17.4 Å². The van der Waals surface area contributed by atoms with E-state index in [1.165, 1.54) is 0 Å². The van der Waals surface area contributed by atoms with E-state index in [1.54, 1.807) is 16.0 Å². The van der Waals surface area contributed by atoms with Crippen molar-refractivity contribution in [3.05, 3.63) is 41.5 Å². The summed E-state index contributed by atoms with van der Waals surface area (Å²) in [5.74, 6) is 0.180. The highest BCUT2D eigenvalue weighted by molar-refractivity contribution is 7.18. The molecule has 0 aromatic carbocycles. The Kier molecular flexibility index (Phi) is 3.74. The van der Waals surface area contributed by atoms with Gasteiger partial charge < -0.3 is 9.84 Å². The van der Waals surface area contributed by atoms with Gasteiger partial charge in [-0.1, -0.05) is 0 Å². The van der Waals surface area contributed by atoms with Crippen LogP contribution >= 0.6 is 11.3 Å². The highest BCUT2D eigenvalue weighted by Crippen LogP contribution is 2.36. The highest BCUT2D eigenvalue weighted by atomic mass is 32.1. The van der Waals surface area contributed by atoms with Crippen molar-refractivity contribution >= 4 is 32.6 Å². The van der Waals surface area contributed by atoms with Gasteiger partial charge in [0.15, 0.2) is 5.65 Å². The highest BCUT2D eigenvalue weighted by Gasteiger charge is 2.26. The quantitative estimate of drug-likeness (QED) is 0.602. The van der Waals surface area contributed by atoms with E-state index in [0.717, 1.165) is 50.4 Å². The average Bonchev–Trinajstić information content (AvgIpc) is 3.37. The number of aryl methyl sites for hydroxylation is 1. The fourth-order valence-electron chi connectivity index (χ4n) is 3.45. The van der Waals surface area contributed by atoms with E-state index in [1.807, 2.05) is 31.6 Å². The number of pyridine rings is 2. The molecule has 1 aliphatic rings.